The second-order valence-corrected chi connectivity index (χ2v) is 10.7. The Morgan fingerprint density at radius 2 is 1.79 bits per heavy atom. The summed E-state index contributed by atoms with van der Waals surface area (Å²) in [6.45, 7) is 7.62. The zero-order valence-corrected chi connectivity index (χ0v) is 20.9. The number of ketones is 1. The topological polar surface area (TPSA) is 153 Å². The van der Waals surface area contributed by atoms with Gasteiger partial charge in [-0.3, -0.25) is 23.4 Å². The summed E-state index contributed by atoms with van der Waals surface area (Å²) >= 11 is 0. The largest absolute Gasteiger partial charge is 0.478 e. The monoisotopic (exact) mass is 495 g/mol. The van der Waals surface area contributed by atoms with Crippen LogP contribution in [-0.2, 0) is 46.7 Å². The van der Waals surface area contributed by atoms with Crippen LogP contribution in [0.25, 0.3) is 0 Å². The van der Waals surface area contributed by atoms with Gasteiger partial charge in [0, 0.05) is 18.3 Å². The van der Waals surface area contributed by atoms with E-state index >= 15 is 0 Å². The Kier molecular flexibility index (Phi) is 11.0. The molecule has 0 aromatic rings. The van der Waals surface area contributed by atoms with E-state index in [1.165, 1.54) is 7.11 Å². The third-order valence-corrected chi connectivity index (χ3v) is 5.82. The molecule has 33 heavy (non-hydrogen) atoms. The van der Waals surface area contributed by atoms with Crippen LogP contribution in [0.3, 0.4) is 0 Å². The predicted molar refractivity (Wildman–Crippen MR) is 114 cm³/mol. The van der Waals surface area contributed by atoms with Crippen molar-refractivity contribution >= 4 is 31.6 Å². The lowest BCUT2D eigenvalue weighted by Crippen LogP contribution is -2.45. The first kappa shape index (κ1) is 29.0. The first-order valence-electron chi connectivity index (χ1n) is 10.4. The number of methoxy groups -OCH3 is 1. The van der Waals surface area contributed by atoms with Crippen LogP contribution >= 0.6 is 7.82 Å². The fourth-order valence-corrected chi connectivity index (χ4v) is 4.06. The average molecular weight is 495 g/mol. The smallest absolute Gasteiger partial charge is 0.469 e. The molecule has 1 aliphatic rings. The first-order valence-corrected chi connectivity index (χ1v) is 11.9. The Morgan fingerprint density at radius 3 is 2.39 bits per heavy atom. The van der Waals surface area contributed by atoms with Gasteiger partial charge in [0.05, 0.1) is 25.7 Å². The minimum Gasteiger partial charge on any atom is -0.469 e. The predicted octanol–water partition coefficient (Wildman–Crippen LogP) is 2.74. The van der Waals surface area contributed by atoms with Crippen LogP contribution in [0.2, 0.25) is 0 Å². The van der Waals surface area contributed by atoms with Crippen molar-refractivity contribution in [1.29, 1.82) is 0 Å². The summed E-state index contributed by atoms with van der Waals surface area (Å²) in [7, 11) is -2.91. The summed E-state index contributed by atoms with van der Waals surface area (Å²) in [6, 6.07) is 0. The zero-order valence-electron chi connectivity index (χ0n) is 20.0. The Balaban J connectivity index is 2.44. The lowest BCUT2D eigenvalue weighted by Gasteiger charge is -2.39. The van der Waals surface area contributed by atoms with Gasteiger partial charge in [-0.25, -0.2) is 13.9 Å². The molecule has 1 saturated heterocycles. The number of phosphoric ester groups is 1. The van der Waals surface area contributed by atoms with Crippen LogP contribution in [0.4, 0.5) is 4.79 Å². The number of nitrogens with one attached hydrogen (secondary N) is 1. The summed E-state index contributed by atoms with van der Waals surface area (Å²) in [5.74, 6) is -1.21. The second kappa shape index (κ2) is 12.5. The molecule has 0 spiro atoms. The van der Waals surface area contributed by atoms with Crippen molar-refractivity contribution in [3.63, 3.8) is 0 Å². The number of ether oxygens (including phenoxy) is 3. The lowest BCUT2D eigenvalue weighted by atomic mass is 9.84. The van der Waals surface area contributed by atoms with Gasteiger partial charge in [0.2, 0.25) is 6.79 Å². The van der Waals surface area contributed by atoms with Crippen molar-refractivity contribution in [2.75, 3.05) is 33.7 Å². The summed E-state index contributed by atoms with van der Waals surface area (Å²) in [4.78, 5) is 47.1. The molecule has 1 amide bonds. The molecule has 1 unspecified atom stereocenters. The summed E-state index contributed by atoms with van der Waals surface area (Å²) in [5, 5.41) is 2.34. The molecular weight excluding hydrogens is 461 g/mol. The molecule has 1 heterocycles. The molecule has 1 N–H and O–H groups in total. The number of esters is 2. The van der Waals surface area contributed by atoms with Gasteiger partial charge in [0.1, 0.15) is 12.7 Å². The van der Waals surface area contributed by atoms with E-state index < -0.39 is 49.6 Å². The van der Waals surface area contributed by atoms with Crippen molar-refractivity contribution in [2.45, 2.75) is 60.0 Å². The number of amides is 1. The highest BCUT2D eigenvalue weighted by molar-refractivity contribution is 7.48. The molecule has 1 rings (SSSR count). The van der Waals surface area contributed by atoms with Crippen LogP contribution in [-0.4, -0.2) is 63.6 Å². The Bertz CT molecular complexity index is 760. The Morgan fingerprint density at radius 1 is 1.12 bits per heavy atom. The van der Waals surface area contributed by atoms with E-state index in [1.807, 2.05) is 0 Å². The molecule has 0 saturated carbocycles. The number of rotatable bonds is 11. The molecule has 1 fully saturated rings. The number of hydrogen-bond donors (Lipinski definition) is 1. The highest BCUT2D eigenvalue weighted by atomic mass is 31.2. The number of phosphoric acid groups is 1. The van der Waals surface area contributed by atoms with Gasteiger partial charge in [0.15, 0.2) is 5.78 Å². The van der Waals surface area contributed by atoms with Gasteiger partial charge in [-0.2, -0.15) is 0 Å². The summed E-state index contributed by atoms with van der Waals surface area (Å²) < 4.78 is 42.5. The molecule has 0 bridgehead atoms. The maximum Gasteiger partial charge on any atom is 0.478 e. The van der Waals surface area contributed by atoms with E-state index in [-0.39, 0.29) is 44.8 Å². The average Bonchev–Trinajstić information content (AvgIpc) is 2.72. The van der Waals surface area contributed by atoms with Crippen molar-refractivity contribution < 1.29 is 51.5 Å². The normalized spacial score (nSPS) is 22.2. The highest BCUT2D eigenvalue weighted by Crippen LogP contribution is 2.57. The second-order valence-electron chi connectivity index (χ2n) is 9.08. The van der Waals surface area contributed by atoms with Crippen LogP contribution in [0, 0.1) is 10.8 Å². The van der Waals surface area contributed by atoms with Gasteiger partial charge in [-0.15, -0.1) is 0 Å². The van der Waals surface area contributed by atoms with Crippen LogP contribution in [0.15, 0.2) is 0 Å². The number of hydrogen-bond acceptors (Lipinski definition) is 11. The molecule has 12 nitrogen and oxygen atoms in total. The minimum absolute atomic E-state index is 0.00164. The molecule has 0 aromatic carbocycles. The number of carbonyl (C=O) groups is 4. The minimum atomic E-state index is -4.17. The number of carbonyl (C=O) groups excluding carboxylic acids is 4. The fourth-order valence-electron chi connectivity index (χ4n) is 2.53. The van der Waals surface area contributed by atoms with E-state index in [2.05, 4.69) is 10.1 Å². The van der Waals surface area contributed by atoms with E-state index in [9.17, 15) is 23.7 Å². The maximum atomic E-state index is 12.7. The van der Waals surface area contributed by atoms with Crippen LogP contribution in [0.5, 0.6) is 0 Å². The third kappa shape index (κ3) is 10.2. The van der Waals surface area contributed by atoms with Crippen LogP contribution < -0.4 is 5.32 Å². The summed E-state index contributed by atoms with van der Waals surface area (Å²) in [5.41, 5.74) is -1.45. The van der Waals surface area contributed by atoms with Gasteiger partial charge in [-0.05, 0) is 27.2 Å². The molecule has 0 aromatic heterocycles. The van der Waals surface area contributed by atoms with E-state index in [1.54, 1.807) is 34.6 Å². The Hall–Kier alpha value is -2.01. The van der Waals surface area contributed by atoms with E-state index in [0.717, 1.165) is 0 Å². The highest BCUT2D eigenvalue weighted by Gasteiger charge is 2.48. The number of Topliss-reactive ketones (excluding diaryl/α,β-unsaturated/α-hetero) is 1. The SMILES string of the molecule is COC(=O)CCCC(=O)[C@@H]1OP(=O)(OCOC(=O)NCCOC(=O)C(C)(C)C)OCC1(C)C. The first-order chi connectivity index (χ1) is 15.2. The van der Waals surface area contributed by atoms with Crippen molar-refractivity contribution in [3.8, 4) is 0 Å². The van der Waals surface area contributed by atoms with Gasteiger partial charge in [-0.1, -0.05) is 13.8 Å². The third-order valence-electron chi connectivity index (χ3n) is 4.48. The quantitative estimate of drug-likeness (QED) is 0.148. The van der Waals surface area contributed by atoms with Gasteiger partial charge >= 0.3 is 25.9 Å². The van der Waals surface area contributed by atoms with Crippen molar-refractivity contribution in [3.05, 3.63) is 0 Å². The van der Waals surface area contributed by atoms with E-state index in [4.69, 9.17) is 23.0 Å². The standard InChI is InChI=1S/C20H34NO11P/c1-19(2,3)17(24)28-11-10-21-18(25)29-13-31-33(26)30-12-20(4,5)16(32-33)14(22)8-7-9-15(23)27-6/h16H,7-13H2,1-6H3,(H,21,25)/t16-,33?/m0/s1. The van der Waals surface area contributed by atoms with Crippen molar-refractivity contribution in [2.24, 2.45) is 10.8 Å². The van der Waals surface area contributed by atoms with Crippen molar-refractivity contribution in [1.82, 2.24) is 5.32 Å². The summed E-state index contributed by atoms with van der Waals surface area (Å²) in [6.07, 6.45) is -1.66. The lowest BCUT2D eigenvalue weighted by molar-refractivity contribution is -0.152. The molecule has 1 aliphatic heterocycles. The van der Waals surface area contributed by atoms with Gasteiger partial charge < -0.3 is 19.5 Å². The Labute approximate surface area is 193 Å². The van der Waals surface area contributed by atoms with Crippen LogP contribution in [0.1, 0.15) is 53.9 Å². The van der Waals surface area contributed by atoms with Gasteiger partial charge in [0.25, 0.3) is 0 Å². The number of alkyl carbamates (subject to hydrolysis) is 1. The molecule has 2 atom stereocenters. The maximum absolute atomic E-state index is 12.7. The fraction of sp³-hybridized carbons (Fsp3) is 0.800. The molecule has 0 aliphatic carbocycles. The molecule has 190 valence electrons. The molecule has 13 heteroatoms. The zero-order chi connectivity index (χ0) is 25.3. The molecular formula is C20H34NO11P. The molecule has 0 radical (unpaired) electrons. The van der Waals surface area contributed by atoms with E-state index in [0.29, 0.717) is 0 Å².